The largest absolute Gasteiger partial charge is 0.435 e. The standard InChI is InChI=1S/C23H23F2N3O4/c24-21(25)32-18-7-6-17(13-16(18)12-14-4-2-1-3-5-14)26-19(29)15-8-10-23(11-9-15)20(30)27-22(31)28-23/h1-7,13,15,21H,8-12H2,(H,26,29)(H2,27,28,30,31). The van der Waals surface area contributed by atoms with Crippen LogP contribution in [0.15, 0.2) is 48.5 Å². The van der Waals surface area contributed by atoms with E-state index in [1.807, 2.05) is 30.3 Å². The third kappa shape index (κ3) is 4.71. The maximum Gasteiger partial charge on any atom is 0.387 e. The third-order valence-electron chi connectivity index (χ3n) is 6.01. The highest BCUT2D eigenvalue weighted by atomic mass is 19.3. The fourth-order valence-electron chi connectivity index (χ4n) is 4.32. The lowest BCUT2D eigenvalue weighted by molar-refractivity contribution is -0.128. The van der Waals surface area contributed by atoms with Gasteiger partial charge in [0.1, 0.15) is 11.3 Å². The van der Waals surface area contributed by atoms with Crippen molar-refractivity contribution in [1.29, 1.82) is 0 Å². The quantitative estimate of drug-likeness (QED) is 0.595. The molecular weight excluding hydrogens is 420 g/mol. The second-order valence-corrected chi connectivity index (χ2v) is 8.12. The Labute approximate surface area is 183 Å². The van der Waals surface area contributed by atoms with Gasteiger partial charge in [0, 0.05) is 23.6 Å². The summed E-state index contributed by atoms with van der Waals surface area (Å²) in [4.78, 5) is 36.3. The molecular formula is C23H23F2N3O4. The van der Waals surface area contributed by atoms with Crippen LogP contribution < -0.4 is 20.7 Å². The smallest absolute Gasteiger partial charge is 0.387 e. The molecule has 4 amide bonds. The van der Waals surface area contributed by atoms with E-state index in [1.54, 1.807) is 6.07 Å². The van der Waals surface area contributed by atoms with Gasteiger partial charge in [0.2, 0.25) is 5.91 Å². The number of imide groups is 1. The molecule has 1 aliphatic heterocycles. The first-order chi connectivity index (χ1) is 15.3. The SMILES string of the molecule is O=C1NC(=O)C2(CCC(C(=O)Nc3ccc(OC(F)F)c(Cc4ccccc4)c3)CC2)N1. The number of halogens is 2. The van der Waals surface area contributed by atoms with Crippen molar-refractivity contribution >= 4 is 23.5 Å². The zero-order chi connectivity index (χ0) is 22.7. The molecule has 1 saturated heterocycles. The molecule has 0 aromatic heterocycles. The summed E-state index contributed by atoms with van der Waals surface area (Å²) in [5, 5.41) is 7.77. The molecule has 32 heavy (non-hydrogen) atoms. The van der Waals surface area contributed by atoms with Crippen molar-refractivity contribution < 1.29 is 27.9 Å². The number of carbonyl (C=O) groups excluding carboxylic acids is 3. The molecule has 0 unspecified atom stereocenters. The Balaban J connectivity index is 1.44. The molecule has 0 atom stereocenters. The summed E-state index contributed by atoms with van der Waals surface area (Å²) >= 11 is 0. The fraction of sp³-hybridized carbons (Fsp3) is 0.348. The first-order valence-corrected chi connectivity index (χ1v) is 10.4. The van der Waals surface area contributed by atoms with Gasteiger partial charge in [-0.2, -0.15) is 8.78 Å². The van der Waals surface area contributed by atoms with Gasteiger partial charge in [-0.05, 0) is 49.4 Å². The van der Waals surface area contributed by atoms with E-state index in [-0.39, 0.29) is 23.5 Å². The van der Waals surface area contributed by atoms with E-state index in [1.165, 1.54) is 12.1 Å². The Morgan fingerprint density at radius 2 is 1.84 bits per heavy atom. The van der Waals surface area contributed by atoms with Crippen LogP contribution in [0.1, 0.15) is 36.8 Å². The van der Waals surface area contributed by atoms with Gasteiger partial charge in [0.05, 0.1) is 0 Å². The summed E-state index contributed by atoms with van der Waals surface area (Å²) in [5.41, 5.74) is 1.01. The highest BCUT2D eigenvalue weighted by Gasteiger charge is 2.48. The van der Waals surface area contributed by atoms with Crippen molar-refractivity contribution in [2.45, 2.75) is 44.3 Å². The number of benzene rings is 2. The van der Waals surface area contributed by atoms with Gasteiger partial charge in [-0.15, -0.1) is 0 Å². The molecule has 168 valence electrons. The first kappa shape index (κ1) is 21.7. The Bertz CT molecular complexity index is 1020. The summed E-state index contributed by atoms with van der Waals surface area (Å²) in [6.07, 6.45) is 2.02. The Hall–Kier alpha value is -3.49. The molecule has 1 spiro atoms. The highest BCUT2D eigenvalue weighted by molar-refractivity contribution is 6.07. The van der Waals surface area contributed by atoms with Gasteiger partial charge in [0.25, 0.3) is 5.91 Å². The molecule has 1 aliphatic carbocycles. The number of hydrogen-bond donors (Lipinski definition) is 3. The minimum Gasteiger partial charge on any atom is -0.435 e. The normalized spacial score (nSPS) is 22.5. The van der Waals surface area contributed by atoms with E-state index in [0.717, 1.165) is 5.56 Å². The van der Waals surface area contributed by atoms with E-state index in [4.69, 9.17) is 0 Å². The zero-order valence-corrected chi connectivity index (χ0v) is 17.2. The van der Waals surface area contributed by atoms with Crippen LogP contribution in [0.4, 0.5) is 19.3 Å². The lowest BCUT2D eigenvalue weighted by atomic mass is 9.76. The maximum absolute atomic E-state index is 12.8. The Morgan fingerprint density at radius 3 is 2.47 bits per heavy atom. The number of nitrogens with one attached hydrogen (secondary N) is 3. The molecule has 4 rings (SSSR count). The van der Waals surface area contributed by atoms with Gasteiger partial charge in [-0.1, -0.05) is 30.3 Å². The zero-order valence-electron chi connectivity index (χ0n) is 17.2. The van der Waals surface area contributed by atoms with E-state index in [0.29, 0.717) is 43.4 Å². The number of hydrogen-bond acceptors (Lipinski definition) is 4. The number of urea groups is 1. The fourth-order valence-corrected chi connectivity index (χ4v) is 4.32. The molecule has 0 bridgehead atoms. The number of rotatable bonds is 6. The van der Waals surface area contributed by atoms with Crippen LogP contribution in [0, 0.1) is 5.92 Å². The third-order valence-corrected chi connectivity index (χ3v) is 6.01. The van der Waals surface area contributed by atoms with Crippen molar-refractivity contribution in [1.82, 2.24) is 10.6 Å². The topological polar surface area (TPSA) is 96.5 Å². The summed E-state index contributed by atoms with van der Waals surface area (Å²) in [7, 11) is 0. The molecule has 2 fully saturated rings. The summed E-state index contributed by atoms with van der Waals surface area (Å²) < 4.78 is 30.3. The van der Waals surface area contributed by atoms with Crippen LogP contribution >= 0.6 is 0 Å². The van der Waals surface area contributed by atoms with Crippen LogP contribution in [0.25, 0.3) is 0 Å². The minimum atomic E-state index is -2.95. The van der Waals surface area contributed by atoms with E-state index < -0.39 is 18.2 Å². The molecule has 2 aliphatic rings. The van der Waals surface area contributed by atoms with Crippen LogP contribution in [-0.4, -0.2) is 30.0 Å². The Kier molecular flexibility index (Phi) is 6.07. The molecule has 3 N–H and O–H groups in total. The monoisotopic (exact) mass is 443 g/mol. The molecule has 9 heteroatoms. The van der Waals surface area contributed by atoms with Crippen LogP contribution in [0.5, 0.6) is 5.75 Å². The predicted octanol–water partition coefficient (Wildman–Crippen LogP) is 3.59. The van der Waals surface area contributed by atoms with Gasteiger partial charge >= 0.3 is 12.6 Å². The van der Waals surface area contributed by atoms with Gasteiger partial charge in [0.15, 0.2) is 0 Å². The number of ether oxygens (including phenoxy) is 1. The second-order valence-electron chi connectivity index (χ2n) is 8.12. The Morgan fingerprint density at radius 1 is 1.12 bits per heavy atom. The van der Waals surface area contributed by atoms with Crippen molar-refractivity contribution in [2.75, 3.05) is 5.32 Å². The van der Waals surface area contributed by atoms with E-state index in [2.05, 4.69) is 20.7 Å². The van der Waals surface area contributed by atoms with Crippen LogP contribution in [0.3, 0.4) is 0 Å². The van der Waals surface area contributed by atoms with Crippen molar-refractivity contribution in [3.05, 3.63) is 59.7 Å². The maximum atomic E-state index is 12.8. The summed E-state index contributed by atoms with van der Waals surface area (Å²) in [5.74, 6) is -0.816. The van der Waals surface area contributed by atoms with Crippen LogP contribution in [-0.2, 0) is 16.0 Å². The highest BCUT2D eigenvalue weighted by Crippen LogP contribution is 2.35. The van der Waals surface area contributed by atoms with E-state index in [9.17, 15) is 23.2 Å². The summed E-state index contributed by atoms with van der Waals surface area (Å²) in [6, 6.07) is 13.4. The number of amides is 4. The predicted molar refractivity (Wildman–Crippen MR) is 112 cm³/mol. The molecule has 1 heterocycles. The number of alkyl halides is 2. The van der Waals surface area contributed by atoms with Crippen molar-refractivity contribution in [2.24, 2.45) is 5.92 Å². The van der Waals surface area contributed by atoms with Crippen molar-refractivity contribution in [3.8, 4) is 5.75 Å². The molecule has 2 aromatic carbocycles. The number of carbonyl (C=O) groups is 3. The molecule has 7 nitrogen and oxygen atoms in total. The molecule has 0 radical (unpaired) electrons. The van der Waals surface area contributed by atoms with Gasteiger partial charge < -0.3 is 15.4 Å². The second kappa shape index (κ2) is 8.94. The van der Waals surface area contributed by atoms with Gasteiger partial charge in [-0.3, -0.25) is 14.9 Å². The first-order valence-electron chi connectivity index (χ1n) is 10.4. The van der Waals surface area contributed by atoms with Gasteiger partial charge in [-0.25, -0.2) is 4.79 Å². The molecule has 2 aromatic rings. The summed E-state index contributed by atoms with van der Waals surface area (Å²) in [6.45, 7) is -2.95. The van der Waals surface area contributed by atoms with Crippen LogP contribution in [0.2, 0.25) is 0 Å². The lowest BCUT2D eigenvalue weighted by Gasteiger charge is -2.33. The molecule has 1 saturated carbocycles. The number of anilines is 1. The lowest BCUT2D eigenvalue weighted by Crippen LogP contribution is -2.50. The van der Waals surface area contributed by atoms with Crippen molar-refractivity contribution in [3.63, 3.8) is 0 Å². The average molecular weight is 443 g/mol. The van der Waals surface area contributed by atoms with E-state index >= 15 is 0 Å². The average Bonchev–Trinajstić information content (AvgIpc) is 3.03. The minimum absolute atomic E-state index is 0.0597.